The molecule has 0 saturated heterocycles. The molecule has 0 rings (SSSR count). The second-order valence-corrected chi connectivity index (χ2v) is 1.73. The third-order valence-corrected chi connectivity index (χ3v) is 0. The van der Waals surface area contributed by atoms with Gasteiger partial charge in [0.15, 0.2) is 0 Å². The molecule has 0 aliphatic heterocycles. The van der Waals surface area contributed by atoms with E-state index in [-0.39, 0.29) is 0 Å². The van der Waals surface area contributed by atoms with Crippen LogP contribution in [0.4, 0.5) is 0 Å². The van der Waals surface area contributed by atoms with E-state index in [9.17, 15) is 0 Å². The topological polar surface area (TPSA) is 0 Å². The average molecular weight is 273 g/mol. The van der Waals surface area contributed by atoms with Crippen LogP contribution in [0.5, 0.6) is 0 Å². The van der Waals surface area contributed by atoms with Gasteiger partial charge in [0.2, 0.25) is 0 Å². The Morgan fingerprint density at radius 2 is 1.40 bits per heavy atom. The normalized spacial score (nSPS) is 4.40. The molecule has 0 heterocycles. The van der Waals surface area contributed by atoms with E-state index in [1.165, 1.54) is 0 Å². The predicted molar refractivity (Wildman–Crippen MR) is 24.7 cm³/mol. The van der Waals surface area contributed by atoms with Crippen molar-refractivity contribution in [2.24, 2.45) is 0 Å². The SMILES string of the molecule is C[SiH]C.[Cl][Hf]. The van der Waals surface area contributed by atoms with E-state index in [0.717, 1.165) is 32.7 Å². The van der Waals surface area contributed by atoms with Crippen LogP contribution in [0.2, 0.25) is 13.1 Å². The van der Waals surface area contributed by atoms with Crippen LogP contribution >= 0.6 is 8.58 Å². The molecule has 0 unspecified atom stereocenters. The summed E-state index contributed by atoms with van der Waals surface area (Å²) in [5.41, 5.74) is 0. The molecule has 0 aliphatic carbocycles. The molecule has 0 N–H and O–H groups in total. The first-order valence-corrected chi connectivity index (χ1v) is 8.10. The number of hydrogen-bond donors (Lipinski definition) is 0. The molecular formula is C2H7ClHfSi. The third kappa shape index (κ3) is 32.3. The van der Waals surface area contributed by atoms with Crippen LogP contribution in [0.25, 0.3) is 0 Å². The Balaban J connectivity index is 0. The van der Waals surface area contributed by atoms with Gasteiger partial charge in [0.05, 0.1) is 0 Å². The van der Waals surface area contributed by atoms with Crippen LogP contribution in [0.1, 0.15) is 0 Å². The second kappa shape index (κ2) is 18.2. The molecule has 0 aromatic heterocycles. The number of halogens is 1. The van der Waals surface area contributed by atoms with Gasteiger partial charge in [-0.3, -0.25) is 0 Å². The van der Waals surface area contributed by atoms with Crippen LogP contribution in [0.3, 0.4) is 0 Å². The summed E-state index contributed by atoms with van der Waals surface area (Å²) in [5.74, 6) is 0. The minimum atomic E-state index is 0.750. The molecule has 5 heavy (non-hydrogen) atoms. The van der Waals surface area contributed by atoms with Gasteiger partial charge < -0.3 is 0 Å². The predicted octanol–water partition coefficient (Wildman–Crippen LogP) is 1.21. The second-order valence-electron chi connectivity index (χ2n) is 0.577. The Bertz CT molecular complexity index is 9.61. The maximum atomic E-state index is 4.78. The Kier molecular flexibility index (Phi) is 35.1. The van der Waals surface area contributed by atoms with Gasteiger partial charge in [0.25, 0.3) is 0 Å². The molecule has 0 aliphatic rings. The van der Waals surface area contributed by atoms with Gasteiger partial charge >= 0.3 is 31.8 Å². The summed E-state index contributed by atoms with van der Waals surface area (Å²) in [4.78, 5) is 0. The molecule has 0 atom stereocenters. The fraction of sp³-hybridized carbons (Fsp3) is 1.00. The fourth-order valence-corrected chi connectivity index (χ4v) is 0. The number of rotatable bonds is 0. The summed E-state index contributed by atoms with van der Waals surface area (Å²) in [6, 6.07) is 0. The van der Waals surface area contributed by atoms with Gasteiger partial charge in [0.1, 0.15) is 0 Å². The van der Waals surface area contributed by atoms with Crippen molar-refractivity contribution >= 4 is 18.1 Å². The van der Waals surface area contributed by atoms with E-state index >= 15 is 0 Å². The van der Waals surface area contributed by atoms with Crippen molar-refractivity contribution in [1.82, 2.24) is 0 Å². The number of hydrogen-bond acceptors (Lipinski definition) is 0. The van der Waals surface area contributed by atoms with E-state index < -0.39 is 0 Å². The van der Waals surface area contributed by atoms with Crippen LogP contribution in [-0.4, -0.2) is 9.52 Å². The standard InChI is InChI=1S/C2H7Si.ClH.Hf/c1-3-2;;/h3H,1-2H3;1H;/q;;+1/p-1. The van der Waals surface area contributed by atoms with Crippen molar-refractivity contribution in [3.63, 3.8) is 0 Å². The monoisotopic (exact) mass is 274 g/mol. The molecule has 0 bridgehead atoms. The van der Waals surface area contributed by atoms with Crippen molar-refractivity contribution in [3.8, 4) is 0 Å². The van der Waals surface area contributed by atoms with E-state index in [1.54, 1.807) is 0 Å². The first kappa shape index (κ1) is 9.62. The van der Waals surface area contributed by atoms with Crippen LogP contribution in [-0.2, 0) is 23.2 Å². The summed E-state index contributed by atoms with van der Waals surface area (Å²) in [6.45, 7) is 4.42. The molecule has 0 aromatic carbocycles. The minimum absolute atomic E-state index is 0.750. The molecule has 3 heteroatoms. The molecule has 1 radical (unpaired) electrons. The Labute approximate surface area is 54.3 Å². The molecule has 30 valence electrons. The van der Waals surface area contributed by atoms with Crippen LogP contribution in [0.15, 0.2) is 0 Å². The molecule has 0 amide bonds. The van der Waals surface area contributed by atoms with Crippen molar-refractivity contribution in [2.45, 2.75) is 13.1 Å². The zero-order chi connectivity index (χ0) is 4.71. The maximum absolute atomic E-state index is 4.78. The van der Waals surface area contributed by atoms with Crippen LogP contribution in [0, 0.1) is 0 Å². The van der Waals surface area contributed by atoms with Gasteiger partial charge in [-0.15, -0.1) is 0 Å². The summed E-state index contributed by atoms with van der Waals surface area (Å²) in [7, 11) is 5.53. The van der Waals surface area contributed by atoms with Gasteiger partial charge in [-0.2, -0.15) is 0 Å². The summed E-state index contributed by atoms with van der Waals surface area (Å²) in [6.07, 6.45) is 0. The van der Waals surface area contributed by atoms with E-state index in [4.69, 9.17) is 8.58 Å². The molecule has 0 spiro atoms. The molecule has 0 saturated carbocycles. The quantitative estimate of drug-likeness (QED) is 0.582. The van der Waals surface area contributed by atoms with Gasteiger partial charge in [-0.1, -0.05) is 13.1 Å². The summed E-state index contributed by atoms with van der Waals surface area (Å²) < 4.78 is 0. The molecular weight excluding hydrogens is 266 g/mol. The van der Waals surface area contributed by atoms with Crippen molar-refractivity contribution in [3.05, 3.63) is 0 Å². The van der Waals surface area contributed by atoms with Crippen LogP contribution < -0.4 is 0 Å². The van der Waals surface area contributed by atoms with Crippen molar-refractivity contribution < 1.29 is 23.2 Å². The first-order valence-electron chi connectivity index (χ1n) is 1.34. The summed E-state index contributed by atoms with van der Waals surface area (Å²) in [5, 5.41) is 0. The average Bonchev–Trinajstić information content (AvgIpc) is 1.46. The first-order chi connectivity index (χ1) is 2.41. The van der Waals surface area contributed by atoms with E-state index in [0.29, 0.717) is 0 Å². The zero-order valence-corrected chi connectivity index (χ0v) is 8.96. The third-order valence-electron chi connectivity index (χ3n) is 0. The Morgan fingerprint density at radius 3 is 1.40 bits per heavy atom. The zero-order valence-electron chi connectivity index (χ0n) is 3.46. The van der Waals surface area contributed by atoms with Gasteiger partial charge in [-0.25, -0.2) is 0 Å². The van der Waals surface area contributed by atoms with E-state index in [2.05, 4.69) is 13.1 Å². The molecule has 0 aromatic rings. The Morgan fingerprint density at radius 1 is 1.40 bits per heavy atom. The van der Waals surface area contributed by atoms with Gasteiger partial charge in [0, 0.05) is 9.52 Å². The Hall–Kier alpha value is 1.38. The van der Waals surface area contributed by atoms with Crippen molar-refractivity contribution in [2.75, 3.05) is 0 Å². The fourth-order valence-electron chi connectivity index (χ4n) is 0. The van der Waals surface area contributed by atoms with E-state index in [1.807, 2.05) is 0 Å². The van der Waals surface area contributed by atoms with Gasteiger partial charge in [-0.05, 0) is 0 Å². The molecule has 0 nitrogen and oxygen atoms in total. The van der Waals surface area contributed by atoms with Crippen molar-refractivity contribution in [1.29, 1.82) is 0 Å². The summed E-state index contributed by atoms with van der Waals surface area (Å²) >= 11 is 0.778. The molecule has 0 fully saturated rings.